The van der Waals surface area contributed by atoms with Gasteiger partial charge in [-0.15, -0.1) is 11.8 Å². The van der Waals surface area contributed by atoms with Crippen molar-refractivity contribution in [3.05, 3.63) is 29.8 Å². The minimum absolute atomic E-state index is 0.00490. The normalized spacial score (nSPS) is 17.5. The summed E-state index contributed by atoms with van der Waals surface area (Å²) in [6, 6.07) is 7.72. The number of benzene rings is 1. The number of thioether (sulfide) groups is 1. The Labute approximate surface area is 135 Å². The molecule has 2 rings (SSSR count). The number of nitrogens with one attached hydrogen (secondary N) is 2. The number of hydrogen-bond donors (Lipinski definition) is 2. The summed E-state index contributed by atoms with van der Waals surface area (Å²) in [4.78, 5) is 25.4. The number of rotatable bonds is 5. The summed E-state index contributed by atoms with van der Waals surface area (Å²) in [5.41, 5.74) is 1.84. The van der Waals surface area contributed by atoms with Crippen molar-refractivity contribution in [3.63, 3.8) is 0 Å². The highest BCUT2D eigenvalue weighted by Crippen LogP contribution is 2.15. The van der Waals surface area contributed by atoms with Gasteiger partial charge in [-0.25, -0.2) is 0 Å². The van der Waals surface area contributed by atoms with E-state index in [2.05, 4.69) is 10.6 Å². The Kier molecular flexibility index (Phi) is 5.85. The molecule has 0 bridgehead atoms. The van der Waals surface area contributed by atoms with Crippen molar-refractivity contribution in [1.82, 2.24) is 10.2 Å². The Hall–Kier alpha value is -1.53. The Bertz CT molecular complexity index is 525. The molecule has 1 aromatic carbocycles. The maximum absolute atomic E-state index is 12.0. The van der Waals surface area contributed by atoms with Gasteiger partial charge in [-0.3, -0.25) is 14.9 Å². The van der Waals surface area contributed by atoms with Crippen molar-refractivity contribution in [1.29, 1.82) is 0 Å². The van der Waals surface area contributed by atoms with Crippen LogP contribution in [0.25, 0.3) is 0 Å². The number of hydrogen-bond acceptors (Lipinski definition) is 4. The fourth-order valence-electron chi connectivity index (χ4n) is 2.34. The molecule has 0 radical (unpaired) electrons. The third-order valence-electron chi connectivity index (χ3n) is 3.64. The van der Waals surface area contributed by atoms with Crippen molar-refractivity contribution in [2.75, 3.05) is 16.9 Å². The van der Waals surface area contributed by atoms with Gasteiger partial charge in [-0.2, -0.15) is 0 Å². The summed E-state index contributed by atoms with van der Waals surface area (Å²) >= 11 is 1.73. The van der Waals surface area contributed by atoms with Crippen LogP contribution >= 0.6 is 11.8 Å². The lowest BCUT2D eigenvalue weighted by molar-refractivity contribution is -0.131. The molecule has 22 heavy (non-hydrogen) atoms. The van der Waals surface area contributed by atoms with Crippen LogP contribution in [0, 0.1) is 0 Å². The molecule has 6 heteroatoms. The Morgan fingerprint density at radius 1 is 1.36 bits per heavy atom. The van der Waals surface area contributed by atoms with Crippen LogP contribution in [0.5, 0.6) is 0 Å². The van der Waals surface area contributed by atoms with E-state index in [0.29, 0.717) is 6.54 Å². The molecule has 1 saturated heterocycles. The van der Waals surface area contributed by atoms with E-state index in [1.165, 1.54) is 0 Å². The fourth-order valence-corrected chi connectivity index (χ4v) is 3.28. The number of carbonyl (C=O) groups is 2. The zero-order valence-corrected chi connectivity index (χ0v) is 14.1. The van der Waals surface area contributed by atoms with Gasteiger partial charge in [0.1, 0.15) is 0 Å². The van der Waals surface area contributed by atoms with Crippen molar-refractivity contribution < 1.29 is 9.59 Å². The van der Waals surface area contributed by atoms with Crippen LogP contribution in [0.2, 0.25) is 0 Å². The molecular weight excluding hydrogens is 298 g/mol. The molecule has 1 aliphatic rings. The summed E-state index contributed by atoms with van der Waals surface area (Å²) in [7, 11) is 0. The van der Waals surface area contributed by atoms with Crippen molar-refractivity contribution >= 4 is 29.3 Å². The van der Waals surface area contributed by atoms with Crippen molar-refractivity contribution in [3.8, 4) is 0 Å². The summed E-state index contributed by atoms with van der Waals surface area (Å²) in [6.45, 7) is 6.18. The van der Waals surface area contributed by atoms with E-state index in [9.17, 15) is 9.59 Å². The quantitative estimate of drug-likeness (QED) is 0.871. The Balaban J connectivity index is 1.94. The van der Waals surface area contributed by atoms with Gasteiger partial charge in [0.15, 0.2) is 0 Å². The van der Waals surface area contributed by atoms with Gasteiger partial charge in [0.2, 0.25) is 11.8 Å². The van der Waals surface area contributed by atoms with E-state index in [1.54, 1.807) is 18.7 Å². The number of nitrogens with zero attached hydrogens (tertiary/aromatic N) is 1. The van der Waals surface area contributed by atoms with Crippen LogP contribution < -0.4 is 10.6 Å². The molecule has 0 aromatic heterocycles. The summed E-state index contributed by atoms with van der Waals surface area (Å²) in [5.74, 6) is 1.71. The molecule has 5 nitrogen and oxygen atoms in total. The van der Waals surface area contributed by atoms with Crippen LogP contribution in [0.1, 0.15) is 26.3 Å². The molecule has 0 saturated carbocycles. The highest BCUT2D eigenvalue weighted by molar-refractivity contribution is 7.99. The van der Waals surface area contributed by atoms with Crippen LogP contribution in [-0.2, 0) is 16.1 Å². The second-order valence-electron chi connectivity index (χ2n) is 5.70. The molecule has 1 fully saturated rings. The van der Waals surface area contributed by atoms with E-state index in [4.69, 9.17) is 0 Å². The Morgan fingerprint density at radius 3 is 2.55 bits per heavy atom. The highest BCUT2D eigenvalue weighted by Gasteiger charge is 2.22. The lowest BCUT2D eigenvalue weighted by Gasteiger charge is -2.25. The molecule has 1 aromatic rings. The van der Waals surface area contributed by atoms with Crippen LogP contribution in [-0.4, -0.2) is 40.4 Å². The smallest absolute Gasteiger partial charge is 0.242 e. The molecule has 1 heterocycles. The van der Waals surface area contributed by atoms with Crippen LogP contribution in [0.15, 0.2) is 24.3 Å². The first kappa shape index (κ1) is 16.8. The van der Waals surface area contributed by atoms with Gasteiger partial charge in [0, 0.05) is 36.8 Å². The largest absolute Gasteiger partial charge is 0.336 e. The van der Waals surface area contributed by atoms with E-state index in [1.807, 2.05) is 43.0 Å². The lowest BCUT2D eigenvalue weighted by atomic mass is 10.1. The van der Waals surface area contributed by atoms with Gasteiger partial charge in [0.25, 0.3) is 0 Å². The third-order valence-corrected chi connectivity index (χ3v) is 4.57. The van der Waals surface area contributed by atoms with Gasteiger partial charge < -0.3 is 10.2 Å². The summed E-state index contributed by atoms with van der Waals surface area (Å²) in [5, 5.41) is 6.06. The van der Waals surface area contributed by atoms with Crippen LogP contribution in [0.3, 0.4) is 0 Å². The van der Waals surface area contributed by atoms with Gasteiger partial charge in [-0.1, -0.05) is 12.1 Å². The monoisotopic (exact) mass is 321 g/mol. The molecule has 0 spiro atoms. The maximum atomic E-state index is 12.0. The highest BCUT2D eigenvalue weighted by atomic mass is 32.2. The first-order chi connectivity index (χ1) is 10.5. The minimum atomic E-state index is -0.112. The van der Waals surface area contributed by atoms with Gasteiger partial charge >= 0.3 is 0 Å². The summed E-state index contributed by atoms with van der Waals surface area (Å²) in [6.07, 6.45) is 0. The number of carbonyl (C=O) groups excluding carboxylic acids is 2. The van der Waals surface area contributed by atoms with Crippen molar-refractivity contribution in [2.45, 2.75) is 39.4 Å². The zero-order chi connectivity index (χ0) is 16.1. The molecular formula is C16H23N3O2S. The molecule has 120 valence electrons. The predicted molar refractivity (Wildman–Crippen MR) is 90.7 cm³/mol. The first-order valence-electron chi connectivity index (χ1n) is 7.45. The summed E-state index contributed by atoms with van der Waals surface area (Å²) < 4.78 is 0. The molecule has 1 unspecified atom stereocenters. The predicted octanol–water partition coefficient (Wildman–Crippen LogP) is 2.04. The third kappa shape index (κ3) is 4.48. The zero-order valence-electron chi connectivity index (χ0n) is 13.3. The molecule has 1 atom stereocenters. The minimum Gasteiger partial charge on any atom is -0.336 e. The molecule has 2 amide bonds. The van der Waals surface area contributed by atoms with E-state index in [0.717, 1.165) is 22.9 Å². The second-order valence-corrected chi connectivity index (χ2v) is 6.73. The fraction of sp³-hybridized carbons (Fsp3) is 0.500. The maximum Gasteiger partial charge on any atom is 0.242 e. The van der Waals surface area contributed by atoms with Gasteiger partial charge in [-0.05, 0) is 31.5 Å². The van der Waals surface area contributed by atoms with Crippen molar-refractivity contribution in [2.24, 2.45) is 0 Å². The lowest BCUT2D eigenvalue weighted by Crippen LogP contribution is -2.37. The van der Waals surface area contributed by atoms with E-state index < -0.39 is 0 Å². The van der Waals surface area contributed by atoms with E-state index in [-0.39, 0.29) is 23.9 Å². The first-order valence-corrected chi connectivity index (χ1v) is 8.61. The average molecular weight is 321 g/mol. The van der Waals surface area contributed by atoms with Crippen LogP contribution in [0.4, 0.5) is 5.69 Å². The number of anilines is 1. The Morgan fingerprint density at radius 2 is 2.05 bits per heavy atom. The molecule has 1 aliphatic heterocycles. The molecule has 2 N–H and O–H groups in total. The number of amides is 2. The second kappa shape index (κ2) is 7.65. The molecule has 0 aliphatic carbocycles. The standard InChI is InChI=1S/C16H23N3O2S/c1-11(2)19(12(3)20)8-13-4-6-14(7-5-13)18-16(21)15-9-22-10-17-15/h4-7,11,15,17H,8-10H2,1-3H3,(H,18,21). The SMILES string of the molecule is CC(=O)N(Cc1ccc(NC(=O)C2CSCN2)cc1)C(C)C. The van der Waals surface area contributed by atoms with Gasteiger partial charge in [0.05, 0.1) is 6.04 Å². The average Bonchev–Trinajstić information content (AvgIpc) is 3.00. The topological polar surface area (TPSA) is 61.4 Å². The van der Waals surface area contributed by atoms with E-state index >= 15 is 0 Å².